The van der Waals surface area contributed by atoms with Crippen LogP contribution in [0.5, 0.6) is 0 Å². The molecule has 0 aliphatic rings. The molecule has 1 unspecified atom stereocenters. The number of benzene rings is 2. The third-order valence-corrected chi connectivity index (χ3v) is 4.12. The molecular formula is C15H13BrClFO. The van der Waals surface area contributed by atoms with E-state index in [1.165, 1.54) is 12.1 Å². The Morgan fingerprint density at radius 2 is 1.95 bits per heavy atom. The predicted molar refractivity (Wildman–Crippen MR) is 79.1 cm³/mol. The minimum absolute atomic E-state index is 0.0102. The molecule has 0 heterocycles. The van der Waals surface area contributed by atoms with E-state index in [2.05, 4.69) is 15.9 Å². The van der Waals surface area contributed by atoms with Crippen molar-refractivity contribution in [2.24, 2.45) is 0 Å². The number of hydrogen-bond donors (Lipinski definition) is 1. The van der Waals surface area contributed by atoms with E-state index in [0.717, 1.165) is 15.6 Å². The fourth-order valence-corrected chi connectivity index (χ4v) is 2.88. The summed E-state index contributed by atoms with van der Waals surface area (Å²) in [6.07, 6.45) is 0.568. The fourth-order valence-electron chi connectivity index (χ4n) is 2.03. The first-order valence-corrected chi connectivity index (χ1v) is 7.08. The van der Waals surface area contributed by atoms with E-state index in [0.29, 0.717) is 11.4 Å². The minimum atomic E-state index is -0.352. The van der Waals surface area contributed by atoms with Gasteiger partial charge in [-0.25, -0.2) is 4.39 Å². The molecule has 2 aromatic rings. The molecule has 0 spiro atoms. The van der Waals surface area contributed by atoms with Crippen LogP contribution in [0, 0.1) is 5.82 Å². The lowest BCUT2D eigenvalue weighted by Crippen LogP contribution is -2.09. The second kappa shape index (κ2) is 6.51. The highest BCUT2D eigenvalue weighted by molar-refractivity contribution is 9.10. The standard InChI is InChI=1S/C15H13BrClFO/c16-14-4-2-1-3-13(14)11(9-19)7-10-5-6-12(18)8-15(10)17/h1-6,8,11,19H,7,9H2. The van der Waals surface area contributed by atoms with Crippen LogP contribution in [0.4, 0.5) is 4.39 Å². The monoisotopic (exact) mass is 342 g/mol. The molecule has 0 bridgehead atoms. The Bertz CT molecular complexity index is 574. The highest BCUT2D eigenvalue weighted by atomic mass is 79.9. The molecule has 100 valence electrons. The van der Waals surface area contributed by atoms with Gasteiger partial charge in [0.1, 0.15) is 5.82 Å². The van der Waals surface area contributed by atoms with Crippen molar-refractivity contribution in [3.8, 4) is 0 Å². The van der Waals surface area contributed by atoms with Crippen LogP contribution in [0.25, 0.3) is 0 Å². The number of rotatable bonds is 4. The molecule has 0 aliphatic carbocycles. The zero-order chi connectivity index (χ0) is 13.8. The largest absolute Gasteiger partial charge is 0.396 e. The van der Waals surface area contributed by atoms with Gasteiger partial charge in [0.05, 0.1) is 6.61 Å². The fraction of sp³-hybridized carbons (Fsp3) is 0.200. The Balaban J connectivity index is 2.27. The van der Waals surface area contributed by atoms with Crippen molar-refractivity contribution in [1.29, 1.82) is 0 Å². The summed E-state index contributed by atoms with van der Waals surface area (Å²) < 4.78 is 14.0. The Morgan fingerprint density at radius 1 is 1.21 bits per heavy atom. The molecule has 0 amide bonds. The maximum Gasteiger partial charge on any atom is 0.124 e. The van der Waals surface area contributed by atoms with Crippen LogP contribution in [0.1, 0.15) is 17.0 Å². The van der Waals surface area contributed by atoms with Crippen molar-refractivity contribution in [2.75, 3.05) is 6.61 Å². The number of halogens is 3. The van der Waals surface area contributed by atoms with E-state index >= 15 is 0 Å². The van der Waals surface area contributed by atoms with Crippen LogP contribution >= 0.6 is 27.5 Å². The summed E-state index contributed by atoms with van der Waals surface area (Å²) in [5, 5.41) is 9.97. The summed E-state index contributed by atoms with van der Waals surface area (Å²) in [6.45, 7) is 0.0102. The van der Waals surface area contributed by atoms with E-state index in [-0.39, 0.29) is 18.3 Å². The maximum atomic E-state index is 13.0. The van der Waals surface area contributed by atoms with E-state index in [4.69, 9.17) is 11.6 Å². The molecule has 1 nitrogen and oxygen atoms in total. The minimum Gasteiger partial charge on any atom is -0.396 e. The van der Waals surface area contributed by atoms with Gasteiger partial charge >= 0.3 is 0 Å². The third kappa shape index (κ3) is 3.56. The molecule has 2 aromatic carbocycles. The highest BCUT2D eigenvalue weighted by Gasteiger charge is 2.15. The summed E-state index contributed by atoms with van der Waals surface area (Å²) in [4.78, 5) is 0. The van der Waals surface area contributed by atoms with Gasteiger partial charge in [0, 0.05) is 15.4 Å². The normalized spacial score (nSPS) is 12.4. The lowest BCUT2D eigenvalue weighted by atomic mass is 9.92. The van der Waals surface area contributed by atoms with E-state index in [1.807, 2.05) is 24.3 Å². The molecular weight excluding hydrogens is 331 g/mol. The molecule has 0 saturated carbocycles. The van der Waals surface area contributed by atoms with E-state index in [9.17, 15) is 9.50 Å². The second-order valence-corrected chi connectivity index (χ2v) is 5.60. The predicted octanol–water partition coefficient (Wildman–Crippen LogP) is 4.56. The van der Waals surface area contributed by atoms with Crippen molar-refractivity contribution in [3.63, 3.8) is 0 Å². The average Bonchev–Trinajstić information content (AvgIpc) is 2.39. The molecule has 2 rings (SSSR count). The van der Waals surface area contributed by atoms with Crippen LogP contribution in [0.2, 0.25) is 5.02 Å². The van der Waals surface area contributed by atoms with Gasteiger partial charge in [-0.15, -0.1) is 0 Å². The van der Waals surface area contributed by atoms with Gasteiger partial charge < -0.3 is 5.11 Å². The summed E-state index contributed by atoms with van der Waals surface area (Å²) in [6, 6.07) is 12.1. The summed E-state index contributed by atoms with van der Waals surface area (Å²) in [7, 11) is 0. The van der Waals surface area contributed by atoms with Crippen molar-refractivity contribution in [3.05, 3.63) is 68.9 Å². The number of hydrogen-bond acceptors (Lipinski definition) is 1. The van der Waals surface area contributed by atoms with Crippen molar-refractivity contribution in [2.45, 2.75) is 12.3 Å². The van der Waals surface area contributed by atoms with Gasteiger partial charge in [0.2, 0.25) is 0 Å². The molecule has 0 saturated heterocycles. The zero-order valence-corrected chi connectivity index (χ0v) is 12.5. The number of aliphatic hydroxyl groups is 1. The summed E-state index contributed by atoms with van der Waals surface area (Å²) in [5.74, 6) is -0.422. The average molecular weight is 344 g/mol. The van der Waals surface area contributed by atoms with Gasteiger partial charge in [0.15, 0.2) is 0 Å². The topological polar surface area (TPSA) is 20.2 Å². The first kappa shape index (κ1) is 14.5. The van der Waals surface area contributed by atoms with Gasteiger partial charge in [-0.3, -0.25) is 0 Å². The van der Waals surface area contributed by atoms with Crippen LogP contribution < -0.4 is 0 Å². The van der Waals surface area contributed by atoms with Crippen molar-refractivity contribution in [1.82, 2.24) is 0 Å². The third-order valence-electron chi connectivity index (χ3n) is 3.05. The molecule has 1 N–H and O–H groups in total. The van der Waals surface area contributed by atoms with Crippen LogP contribution in [0.3, 0.4) is 0 Å². The lowest BCUT2D eigenvalue weighted by Gasteiger charge is -2.17. The smallest absolute Gasteiger partial charge is 0.124 e. The van der Waals surface area contributed by atoms with Gasteiger partial charge in [-0.1, -0.05) is 51.8 Å². The quantitative estimate of drug-likeness (QED) is 0.863. The van der Waals surface area contributed by atoms with E-state index in [1.54, 1.807) is 6.07 Å². The molecule has 0 fully saturated rings. The molecule has 4 heteroatoms. The highest BCUT2D eigenvalue weighted by Crippen LogP contribution is 2.29. The summed E-state index contributed by atoms with van der Waals surface area (Å²) in [5.41, 5.74) is 1.85. The lowest BCUT2D eigenvalue weighted by molar-refractivity contribution is 0.264. The van der Waals surface area contributed by atoms with Crippen molar-refractivity contribution < 1.29 is 9.50 Å². The first-order valence-electron chi connectivity index (χ1n) is 5.91. The maximum absolute atomic E-state index is 13.0. The first-order chi connectivity index (χ1) is 9.11. The molecule has 1 atom stereocenters. The molecule has 0 aliphatic heterocycles. The zero-order valence-electron chi connectivity index (χ0n) is 10.1. The Hall–Kier alpha value is -0.900. The van der Waals surface area contributed by atoms with Crippen molar-refractivity contribution >= 4 is 27.5 Å². The SMILES string of the molecule is OCC(Cc1ccc(F)cc1Cl)c1ccccc1Br. The van der Waals surface area contributed by atoms with E-state index < -0.39 is 0 Å². The Morgan fingerprint density at radius 3 is 2.58 bits per heavy atom. The van der Waals surface area contributed by atoms with Gasteiger partial charge in [-0.05, 0) is 35.7 Å². The molecule has 19 heavy (non-hydrogen) atoms. The van der Waals surface area contributed by atoms with Crippen LogP contribution in [-0.4, -0.2) is 11.7 Å². The van der Waals surface area contributed by atoms with Crippen LogP contribution in [0.15, 0.2) is 46.9 Å². The van der Waals surface area contributed by atoms with Gasteiger partial charge in [0.25, 0.3) is 0 Å². The van der Waals surface area contributed by atoms with Crippen LogP contribution in [-0.2, 0) is 6.42 Å². The second-order valence-electron chi connectivity index (χ2n) is 4.34. The Kier molecular flexibility index (Phi) is 4.97. The van der Waals surface area contributed by atoms with Gasteiger partial charge in [-0.2, -0.15) is 0 Å². The summed E-state index contributed by atoms with van der Waals surface area (Å²) >= 11 is 9.50. The molecule has 0 radical (unpaired) electrons. The Labute approximate surface area is 125 Å². The molecule has 0 aromatic heterocycles. The number of aliphatic hydroxyl groups excluding tert-OH is 1.